The minimum atomic E-state index is -3.63. The van der Waals surface area contributed by atoms with E-state index in [0.29, 0.717) is 25.3 Å². The summed E-state index contributed by atoms with van der Waals surface area (Å²) >= 11 is 1.14. The molecule has 1 aliphatic heterocycles. The first kappa shape index (κ1) is 19.8. The number of hydrogen-bond donors (Lipinski definition) is 1. The number of hydrogen-bond acceptors (Lipinski definition) is 5. The maximum absolute atomic E-state index is 12.8. The lowest BCUT2D eigenvalue weighted by Gasteiger charge is -2.15. The van der Waals surface area contributed by atoms with Crippen LogP contribution in [0.25, 0.3) is 0 Å². The third-order valence-corrected chi connectivity index (χ3v) is 7.99. The van der Waals surface area contributed by atoms with Crippen molar-refractivity contribution >= 4 is 33.0 Å². The molecule has 0 bridgehead atoms. The molecular weight excluding hydrogens is 408 g/mol. The number of thiophene rings is 1. The summed E-state index contributed by atoms with van der Waals surface area (Å²) in [5, 5.41) is 4.46. The number of imidazole rings is 1. The topological polar surface area (TPSA) is 84.3 Å². The molecule has 0 saturated carbocycles. The van der Waals surface area contributed by atoms with Crippen LogP contribution in [0.4, 0.5) is 5.69 Å². The molecule has 2 aromatic heterocycles. The molecule has 7 nitrogen and oxygen atoms in total. The van der Waals surface area contributed by atoms with Gasteiger partial charge >= 0.3 is 0 Å². The van der Waals surface area contributed by atoms with E-state index in [-0.39, 0.29) is 9.77 Å². The third-order valence-electron chi connectivity index (χ3n) is 5.01. The Bertz CT molecular complexity index is 1110. The SMILES string of the molecule is Cc1nccn1Cc1ccc(NC(=O)c2sccc2S(=O)(=O)N2CCCC2)cc1. The van der Waals surface area contributed by atoms with Crippen LogP contribution in [0, 0.1) is 6.92 Å². The first-order valence-corrected chi connectivity index (χ1v) is 11.7. The lowest BCUT2D eigenvalue weighted by molar-refractivity contribution is 0.102. The van der Waals surface area contributed by atoms with Crippen LogP contribution in [0.15, 0.2) is 53.0 Å². The molecule has 3 heterocycles. The van der Waals surface area contributed by atoms with Gasteiger partial charge in [0.2, 0.25) is 10.0 Å². The van der Waals surface area contributed by atoms with E-state index in [9.17, 15) is 13.2 Å². The quantitative estimate of drug-likeness (QED) is 0.650. The number of anilines is 1. The van der Waals surface area contributed by atoms with Crippen LogP contribution in [0.2, 0.25) is 0 Å². The molecule has 3 aromatic rings. The summed E-state index contributed by atoms with van der Waals surface area (Å²) in [6.45, 7) is 3.67. The van der Waals surface area contributed by atoms with E-state index in [1.54, 1.807) is 11.6 Å². The Hall–Kier alpha value is -2.49. The van der Waals surface area contributed by atoms with E-state index < -0.39 is 15.9 Å². The zero-order chi connectivity index (χ0) is 20.4. The summed E-state index contributed by atoms with van der Waals surface area (Å²) < 4.78 is 29.2. The average Bonchev–Trinajstić information content (AvgIpc) is 3.46. The number of aromatic nitrogens is 2. The fraction of sp³-hybridized carbons (Fsp3) is 0.300. The van der Waals surface area contributed by atoms with Crippen LogP contribution < -0.4 is 5.32 Å². The van der Waals surface area contributed by atoms with Crippen molar-refractivity contribution in [3.63, 3.8) is 0 Å². The van der Waals surface area contributed by atoms with Gasteiger partial charge in [0, 0.05) is 37.7 Å². The van der Waals surface area contributed by atoms with Gasteiger partial charge in [0.15, 0.2) is 0 Å². The fourth-order valence-electron chi connectivity index (χ4n) is 3.38. The minimum Gasteiger partial charge on any atom is -0.331 e. The molecule has 9 heteroatoms. The Kier molecular flexibility index (Phi) is 5.53. The second-order valence-corrected chi connectivity index (χ2v) is 9.80. The minimum absolute atomic E-state index is 0.0918. The number of benzene rings is 1. The molecule has 1 fully saturated rings. The highest BCUT2D eigenvalue weighted by molar-refractivity contribution is 7.89. The number of carbonyl (C=O) groups excluding carboxylic acids is 1. The summed E-state index contributed by atoms with van der Waals surface area (Å²) in [7, 11) is -3.63. The van der Waals surface area contributed by atoms with Crippen LogP contribution in [0.5, 0.6) is 0 Å². The van der Waals surface area contributed by atoms with Crippen LogP contribution in [0.1, 0.15) is 33.9 Å². The summed E-state index contributed by atoms with van der Waals surface area (Å²) in [4.78, 5) is 17.3. The monoisotopic (exact) mass is 430 g/mol. The predicted molar refractivity (Wildman–Crippen MR) is 113 cm³/mol. The van der Waals surface area contributed by atoms with E-state index in [2.05, 4.69) is 10.3 Å². The van der Waals surface area contributed by atoms with Gasteiger partial charge in [0.05, 0.1) is 0 Å². The molecule has 0 spiro atoms. The Morgan fingerprint density at radius 2 is 1.90 bits per heavy atom. The van der Waals surface area contributed by atoms with Crippen LogP contribution in [-0.4, -0.2) is 41.3 Å². The summed E-state index contributed by atoms with van der Waals surface area (Å²) in [5.41, 5.74) is 1.71. The van der Waals surface area contributed by atoms with Crippen molar-refractivity contribution in [3.8, 4) is 0 Å². The van der Waals surface area contributed by atoms with Crippen molar-refractivity contribution < 1.29 is 13.2 Å². The van der Waals surface area contributed by atoms with Gasteiger partial charge in [0.1, 0.15) is 15.6 Å². The first-order valence-electron chi connectivity index (χ1n) is 9.41. The van der Waals surface area contributed by atoms with Gasteiger partial charge < -0.3 is 9.88 Å². The molecule has 1 amide bonds. The molecule has 0 radical (unpaired) electrons. The molecule has 4 rings (SSSR count). The first-order chi connectivity index (χ1) is 13.9. The fourth-order valence-corrected chi connectivity index (χ4v) is 6.20. The van der Waals surface area contributed by atoms with Crippen LogP contribution in [-0.2, 0) is 16.6 Å². The zero-order valence-electron chi connectivity index (χ0n) is 16.0. The van der Waals surface area contributed by atoms with E-state index in [0.717, 1.165) is 35.6 Å². The normalized spacial score (nSPS) is 14.9. The van der Waals surface area contributed by atoms with Gasteiger partial charge in [-0.25, -0.2) is 13.4 Å². The largest absolute Gasteiger partial charge is 0.331 e. The van der Waals surface area contributed by atoms with Gasteiger partial charge in [0.25, 0.3) is 5.91 Å². The number of nitrogens with zero attached hydrogens (tertiary/aromatic N) is 3. The summed E-state index contributed by atoms with van der Waals surface area (Å²) in [6, 6.07) is 9.03. The summed E-state index contributed by atoms with van der Waals surface area (Å²) in [5.74, 6) is 0.530. The zero-order valence-corrected chi connectivity index (χ0v) is 17.7. The predicted octanol–water partition coefficient (Wildman–Crippen LogP) is 3.34. The lowest BCUT2D eigenvalue weighted by atomic mass is 10.2. The number of nitrogens with one attached hydrogen (secondary N) is 1. The van der Waals surface area contributed by atoms with Crippen LogP contribution >= 0.6 is 11.3 Å². The molecule has 152 valence electrons. The van der Waals surface area contributed by atoms with Gasteiger partial charge in [-0.1, -0.05) is 12.1 Å². The van der Waals surface area contributed by atoms with Gasteiger partial charge in [-0.3, -0.25) is 4.79 Å². The van der Waals surface area contributed by atoms with Crippen molar-refractivity contribution in [2.75, 3.05) is 18.4 Å². The molecule has 1 aromatic carbocycles. The molecule has 29 heavy (non-hydrogen) atoms. The van der Waals surface area contributed by atoms with Crippen molar-refractivity contribution in [1.29, 1.82) is 0 Å². The molecular formula is C20H22N4O3S2. The highest BCUT2D eigenvalue weighted by atomic mass is 32.2. The number of carbonyl (C=O) groups is 1. The van der Waals surface area contributed by atoms with E-state index in [1.165, 1.54) is 10.4 Å². The van der Waals surface area contributed by atoms with Crippen molar-refractivity contribution in [2.45, 2.75) is 31.2 Å². The Morgan fingerprint density at radius 3 is 2.55 bits per heavy atom. The molecule has 1 N–H and O–H groups in total. The van der Waals surface area contributed by atoms with Crippen molar-refractivity contribution in [3.05, 3.63) is 64.4 Å². The molecule has 0 aliphatic carbocycles. The molecule has 1 saturated heterocycles. The summed E-state index contributed by atoms with van der Waals surface area (Å²) in [6.07, 6.45) is 5.40. The Morgan fingerprint density at radius 1 is 1.17 bits per heavy atom. The van der Waals surface area contributed by atoms with Gasteiger partial charge in [-0.2, -0.15) is 4.31 Å². The third kappa shape index (κ3) is 4.12. The van der Waals surface area contributed by atoms with Gasteiger partial charge in [-0.05, 0) is 48.9 Å². The number of amides is 1. The van der Waals surface area contributed by atoms with Crippen LogP contribution in [0.3, 0.4) is 0 Å². The highest BCUT2D eigenvalue weighted by Crippen LogP contribution is 2.28. The van der Waals surface area contributed by atoms with Crippen molar-refractivity contribution in [2.24, 2.45) is 0 Å². The number of rotatable bonds is 6. The van der Waals surface area contributed by atoms with Crippen molar-refractivity contribution in [1.82, 2.24) is 13.9 Å². The standard InChI is InChI=1S/C20H22N4O3S2/c1-15-21-9-12-23(15)14-16-4-6-17(7-5-16)22-20(25)19-18(8-13-28-19)29(26,27)24-10-2-3-11-24/h4-9,12-13H,2-3,10-11,14H2,1H3,(H,22,25). The second kappa shape index (κ2) is 8.10. The highest BCUT2D eigenvalue weighted by Gasteiger charge is 2.31. The molecule has 1 aliphatic rings. The Labute approximate surface area is 174 Å². The molecule has 0 unspecified atom stereocenters. The van der Waals surface area contributed by atoms with E-state index in [4.69, 9.17) is 0 Å². The molecule has 0 atom stereocenters. The number of aryl methyl sites for hydroxylation is 1. The maximum atomic E-state index is 12.8. The lowest BCUT2D eigenvalue weighted by Crippen LogP contribution is -2.29. The Balaban J connectivity index is 1.48. The van der Waals surface area contributed by atoms with E-state index >= 15 is 0 Å². The second-order valence-electron chi connectivity index (χ2n) is 6.98. The number of sulfonamides is 1. The maximum Gasteiger partial charge on any atom is 0.267 e. The smallest absolute Gasteiger partial charge is 0.267 e. The average molecular weight is 431 g/mol. The van der Waals surface area contributed by atoms with E-state index in [1.807, 2.05) is 42.0 Å². The van der Waals surface area contributed by atoms with Gasteiger partial charge in [-0.15, -0.1) is 11.3 Å².